The molecule has 0 unspecified atom stereocenters. The number of hydrogen-bond acceptors (Lipinski definition) is 5. The van der Waals surface area contributed by atoms with Crippen LogP contribution in [0.2, 0.25) is 0 Å². The Bertz CT molecular complexity index is 919. The van der Waals surface area contributed by atoms with Gasteiger partial charge in [0.25, 0.3) is 5.69 Å². The van der Waals surface area contributed by atoms with Gasteiger partial charge in [0, 0.05) is 18.8 Å². The Kier molecular flexibility index (Phi) is 4.69. The van der Waals surface area contributed by atoms with Crippen LogP contribution in [0.4, 0.5) is 20.2 Å². The van der Waals surface area contributed by atoms with Crippen molar-refractivity contribution >= 4 is 22.3 Å². The zero-order valence-corrected chi connectivity index (χ0v) is 12.9. The van der Waals surface area contributed by atoms with Crippen LogP contribution in [-0.4, -0.2) is 16.5 Å². The summed E-state index contributed by atoms with van der Waals surface area (Å²) in [5.41, 5.74) is 1.78. The summed E-state index contributed by atoms with van der Waals surface area (Å²) in [6, 6.07) is 12.6. The summed E-state index contributed by atoms with van der Waals surface area (Å²) in [5.74, 6) is 0.0704. The van der Waals surface area contributed by atoms with Crippen LogP contribution in [0.1, 0.15) is 5.56 Å². The first-order valence-electron chi connectivity index (χ1n) is 7.34. The first-order chi connectivity index (χ1) is 12.0. The largest absolute Gasteiger partial charge is 0.435 e. The number of anilines is 1. The van der Waals surface area contributed by atoms with Gasteiger partial charge in [0.15, 0.2) is 0 Å². The summed E-state index contributed by atoms with van der Waals surface area (Å²) in [5, 5.41) is 14.7. The second-order valence-electron chi connectivity index (χ2n) is 5.17. The lowest BCUT2D eigenvalue weighted by Gasteiger charge is -2.11. The minimum atomic E-state index is -2.88. The highest BCUT2D eigenvalue weighted by Gasteiger charge is 2.14. The normalized spacial score (nSPS) is 10.8. The average Bonchev–Trinajstić information content (AvgIpc) is 2.59. The predicted octanol–water partition coefficient (Wildman–Crippen LogP) is 4.36. The van der Waals surface area contributed by atoms with Gasteiger partial charge in [0.2, 0.25) is 0 Å². The molecule has 0 aliphatic carbocycles. The molecule has 2 aromatic carbocycles. The number of ether oxygens (including phenoxy) is 1. The Balaban J connectivity index is 1.85. The topological polar surface area (TPSA) is 77.3 Å². The number of nitro benzene ring substituents is 1. The quantitative estimate of drug-likeness (QED) is 0.531. The van der Waals surface area contributed by atoms with Crippen LogP contribution < -0.4 is 10.1 Å². The lowest BCUT2D eigenvalue weighted by atomic mass is 10.1. The third-order valence-corrected chi connectivity index (χ3v) is 3.55. The first-order valence-corrected chi connectivity index (χ1v) is 7.34. The van der Waals surface area contributed by atoms with E-state index in [4.69, 9.17) is 0 Å². The van der Waals surface area contributed by atoms with E-state index in [1.165, 1.54) is 18.2 Å². The summed E-state index contributed by atoms with van der Waals surface area (Å²) in [7, 11) is 0. The third kappa shape index (κ3) is 3.79. The van der Waals surface area contributed by atoms with Crippen LogP contribution in [0.3, 0.4) is 0 Å². The summed E-state index contributed by atoms with van der Waals surface area (Å²) in [6.07, 6.45) is 1.55. The highest BCUT2D eigenvalue weighted by atomic mass is 19.3. The van der Waals surface area contributed by atoms with E-state index in [1.807, 2.05) is 0 Å². The molecule has 0 spiro atoms. The first kappa shape index (κ1) is 16.6. The van der Waals surface area contributed by atoms with E-state index >= 15 is 0 Å². The molecule has 0 aliphatic rings. The fraction of sp³-hybridized carbons (Fsp3) is 0.118. The van der Waals surface area contributed by atoms with Crippen molar-refractivity contribution < 1.29 is 18.4 Å². The van der Waals surface area contributed by atoms with Gasteiger partial charge >= 0.3 is 6.61 Å². The molecule has 0 atom stereocenters. The van der Waals surface area contributed by atoms with Crippen LogP contribution in [-0.2, 0) is 6.54 Å². The maximum atomic E-state index is 12.3. The number of non-ortho nitro benzene ring substituents is 1. The molecular weight excluding hydrogens is 332 g/mol. The molecular formula is C17H13F2N3O3. The Morgan fingerprint density at radius 1 is 1.20 bits per heavy atom. The Labute approximate surface area is 141 Å². The minimum absolute atomic E-state index is 0.0269. The van der Waals surface area contributed by atoms with E-state index in [9.17, 15) is 18.9 Å². The molecule has 0 aliphatic heterocycles. The van der Waals surface area contributed by atoms with Gasteiger partial charge in [-0.1, -0.05) is 12.1 Å². The number of hydrogen-bond donors (Lipinski definition) is 1. The fourth-order valence-corrected chi connectivity index (χ4v) is 2.49. The maximum Gasteiger partial charge on any atom is 0.387 e. The van der Waals surface area contributed by atoms with E-state index in [0.29, 0.717) is 23.1 Å². The summed E-state index contributed by atoms with van der Waals surface area (Å²) in [4.78, 5) is 14.9. The van der Waals surface area contributed by atoms with Crippen molar-refractivity contribution in [1.29, 1.82) is 0 Å². The maximum absolute atomic E-state index is 12.3. The molecule has 8 heteroatoms. The van der Waals surface area contributed by atoms with E-state index in [-0.39, 0.29) is 11.4 Å². The molecule has 0 saturated carbocycles. The molecule has 3 rings (SSSR count). The minimum Gasteiger partial charge on any atom is -0.435 e. The van der Waals surface area contributed by atoms with Crippen molar-refractivity contribution in [1.82, 2.24) is 4.98 Å². The van der Waals surface area contributed by atoms with E-state index < -0.39 is 11.5 Å². The second-order valence-corrected chi connectivity index (χ2v) is 5.17. The van der Waals surface area contributed by atoms with Gasteiger partial charge in [0.05, 0.1) is 16.0 Å². The Morgan fingerprint density at radius 3 is 2.80 bits per heavy atom. The van der Waals surface area contributed by atoms with Crippen LogP contribution in [0.25, 0.3) is 10.9 Å². The van der Waals surface area contributed by atoms with Crippen molar-refractivity contribution in [2.75, 3.05) is 5.32 Å². The monoisotopic (exact) mass is 345 g/mol. The van der Waals surface area contributed by atoms with Crippen LogP contribution in [0.15, 0.2) is 54.7 Å². The van der Waals surface area contributed by atoms with Crippen LogP contribution >= 0.6 is 0 Å². The Morgan fingerprint density at radius 2 is 2.04 bits per heavy atom. The summed E-state index contributed by atoms with van der Waals surface area (Å²) < 4.78 is 28.9. The lowest BCUT2D eigenvalue weighted by Crippen LogP contribution is -2.04. The number of aromatic nitrogens is 1. The number of nitro groups is 1. The van der Waals surface area contributed by atoms with Gasteiger partial charge < -0.3 is 10.1 Å². The Hall–Kier alpha value is -3.29. The van der Waals surface area contributed by atoms with Crippen molar-refractivity contribution in [3.8, 4) is 5.75 Å². The van der Waals surface area contributed by atoms with Gasteiger partial charge in [-0.05, 0) is 35.9 Å². The van der Waals surface area contributed by atoms with Crippen molar-refractivity contribution in [2.45, 2.75) is 13.2 Å². The number of nitrogens with zero attached hydrogens (tertiary/aromatic N) is 2. The van der Waals surface area contributed by atoms with Gasteiger partial charge in [-0.3, -0.25) is 15.1 Å². The summed E-state index contributed by atoms with van der Waals surface area (Å²) >= 11 is 0. The number of rotatable bonds is 6. The van der Waals surface area contributed by atoms with Gasteiger partial charge in [-0.15, -0.1) is 0 Å². The number of fused-ring (bicyclic) bond motifs is 1. The number of nitrogens with one attached hydrogen (secondary N) is 1. The fourth-order valence-electron chi connectivity index (χ4n) is 2.49. The van der Waals surface area contributed by atoms with Crippen molar-refractivity contribution in [3.63, 3.8) is 0 Å². The predicted molar refractivity (Wildman–Crippen MR) is 88.8 cm³/mol. The molecule has 0 fully saturated rings. The van der Waals surface area contributed by atoms with E-state index in [0.717, 1.165) is 5.56 Å². The zero-order chi connectivity index (χ0) is 17.8. The summed E-state index contributed by atoms with van der Waals surface area (Å²) in [6.45, 7) is -2.56. The third-order valence-electron chi connectivity index (χ3n) is 3.55. The van der Waals surface area contributed by atoms with Gasteiger partial charge in [-0.2, -0.15) is 8.78 Å². The highest BCUT2D eigenvalue weighted by Crippen LogP contribution is 2.30. The van der Waals surface area contributed by atoms with Crippen LogP contribution in [0, 0.1) is 10.1 Å². The molecule has 1 heterocycles. The number of halogens is 2. The van der Waals surface area contributed by atoms with Crippen molar-refractivity contribution in [2.24, 2.45) is 0 Å². The van der Waals surface area contributed by atoms with E-state index in [2.05, 4.69) is 15.0 Å². The molecule has 0 radical (unpaired) electrons. The van der Waals surface area contributed by atoms with Gasteiger partial charge in [-0.25, -0.2) is 0 Å². The molecule has 128 valence electrons. The second kappa shape index (κ2) is 7.08. The molecule has 3 aromatic rings. The molecule has 6 nitrogen and oxygen atoms in total. The van der Waals surface area contributed by atoms with E-state index in [1.54, 1.807) is 36.5 Å². The molecule has 0 bridgehead atoms. The standard InChI is InChI=1S/C17H13F2N3O3/c18-17(19)25-12-4-1-3-11(9-12)10-21-14-6-7-15(22(23)24)13-5-2-8-20-16(13)14/h1-9,17,21H,10H2. The smallest absolute Gasteiger partial charge is 0.387 e. The molecule has 0 saturated heterocycles. The van der Waals surface area contributed by atoms with Crippen molar-refractivity contribution in [3.05, 3.63) is 70.4 Å². The van der Waals surface area contributed by atoms with Gasteiger partial charge in [0.1, 0.15) is 11.3 Å². The molecule has 0 amide bonds. The number of alkyl halides is 2. The lowest BCUT2D eigenvalue weighted by molar-refractivity contribution is -0.383. The molecule has 1 N–H and O–H groups in total. The number of pyridine rings is 1. The van der Waals surface area contributed by atoms with Crippen LogP contribution in [0.5, 0.6) is 5.75 Å². The SMILES string of the molecule is O=[N+]([O-])c1ccc(NCc2cccc(OC(F)F)c2)c2ncccc12. The highest BCUT2D eigenvalue weighted by molar-refractivity contribution is 5.96. The average molecular weight is 345 g/mol. The molecule has 25 heavy (non-hydrogen) atoms. The molecule has 1 aromatic heterocycles. The zero-order valence-electron chi connectivity index (χ0n) is 12.9. The number of benzene rings is 2.